The summed E-state index contributed by atoms with van der Waals surface area (Å²) in [6, 6.07) is 13.8. The van der Waals surface area contributed by atoms with Crippen LogP contribution in [0.2, 0.25) is 0 Å². The summed E-state index contributed by atoms with van der Waals surface area (Å²) in [6.45, 7) is 5.01. The van der Waals surface area contributed by atoms with Gasteiger partial charge in [-0.15, -0.1) is 0 Å². The van der Waals surface area contributed by atoms with Gasteiger partial charge in [0.2, 0.25) is 5.91 Å². The summed E-state index contributed by atoms with van der Waals surface area (Å²) in [7, 11) is 1.58. The molecule has 186 valence electrons. The van der Waals surface area contributed by atoms with E-state index in [1.807, 2.05) is 36.1 Å². The van der Waals surface area contributed by atoms with Crippen LogP contribution in [0.4, 0.5) is 0 Å². The number of benzene rings is 2. The molecule has 8 nitrogen and oxygen atoms in total. The fourth-order valence-electron chi connectivity index (χ4n) is 4.75. The van der Waals surface area contributed by atoms with Crippen LogP contribution in [0.3, 0.4) is 0 Å². The first kappa shape index (κ1) is 24.7. The summed E-state index contributed by atoms with van der Waals surface area (Å²) in [6.07, 6.45) is 1.26. The first-order valence-corrected chi connectivity index (χ1v) is 12.1. The van der Waals surface area contributed by atoms with Gasteiger partial charge in [0.15, 0.2) is 0 Å². The number of carbonyl (C=O) groups excluding carboxylic acids is 3. The first-order chi connectivity index (χ1) is 17.0. The van der Waals surface area contributed by atoms with Gasteiger partial charge >= 0.3 is 0 Å². The summed E-state index contributed by atoms with van der Waals surface area (Å²) in [5, 5.41) is 3.03. The molecule has 0 aromatic heterocycles. The maximum absolute atomic E-state index is 13.5. The van der Waals surface area contributed by atoms with Crippen molar-refractivity contribution in [3.05, 3.63) is 65.2 Å². The molecule has 0 saturated carbocycles. The molecule has 2 aliphatic rings. The van der Waals surface area contributed by atoms with Crippen molar-refractivity contribution in [3.8, 4) is 5.75 Å². The van der Waals surface area contributed by atoms with Crippen molar-refractivity contribution in [1.29, 1.82) is 0 Å². The van der Waals surface area contributed by atoms with E-state index in [2.05, 4.69) is 5.32 Å². The Labute approximate surface area is 206 Å². The maximum atomic E-state index is 13.5. The molecule has 8 heteroatoms. The van der Waals surface area contributed by atoms with Crippen LogP contribution in [0.5, 0.6) is 5.75 Å². The topological polar surface area (TPSA) is 88.2 Å². The van der Waals surface area contributed by atoms with E-state index in [4.69, 9.17) is 9.47 Å². The Morgan fingerprint density at radius 3 is 2.31 bits per heavy atom. The van der Waals surface area contributed by atoms with Gasteiger partial charge in [0.25, 0.3) is 11.8 Å². The second-order valence-electron chi connectivity index (χ2n) is 9.12. The molecule has 35 heavy (non-hydrogen) atoms. The Hall–Kier alpha value is -3.39. The van der Waals surface area contributed by atoms with Crippen molar-refractivity contribution in [1.82, 2.24) is 15.1 Å². The van der Waals surface area contributed by atoms with Crippen molar-refractivity contribution in [2.24, 2.45) is 5.92 Å². The van der Waals surface area contributed by atoms with Gasteiger partial charge in [-0.1, -0.05) is 23.8 Å². The lowest BCUT2D eigenvalue weighted by atomic mass is 9.87. The minimum Gasteiger partial charge on any atom is -0.497 e. The molecule has 1 atom stereocenters. The predicted octanol–water partition coefficient (Wildman–Crippen LogP) is 2.51. The van der Waals surface area contributed by atoms with Crippen molar-refractivity contribution in [2.75, 3.05) is 46.5 Å². The quantitative estimate of drug-likeness (QED) is 0.688. The summed E-state index contributed by atoms with van der Waals surface area (Å²) < 4.78 is 10.6. The molecule has 2 fully saturated rings. The average molecular weight is 480 g/mol. The number of aryl methyl sites for hydroxylation is 1. The number of amides is 3. The molecule has 0 bridgehead atoms. The smallest absolute Gasteiger partial charge is 0.253 e. The number of nitrogens with one attached hydrogen (secondary N) is 1. The molecule has 2 aromatic carbocycles. The second-order valence-corrected chi connectivity index (χ2v) is 9.12. The van der Waals surface area contributed by atoms with Crippen LogP contribution in [0.25, 0.3) is 0 Å². The fraction of sp³-hybridized carbons (Fsp3) is 0.444. The number of nitrogens with zero attached hydrogens (tertiary/aromatic N) is 2. The van der Waals surface area contributed by atoms with Gasteiger partial charge in [0.1, 0.15) is 11.8 Å². The number of piperidine rings is 1. The summed E-state index contributed by atoms with van der Waals surface area (Å²) in [5.74, 6) is 0.193. The van der Waals surface area contributed by atoms with Crippen molar-refractivity contribution < 1.29 is 23.9 Å². The molecule has 3 amide bonds. The molecule has 0 radical (unpaired) electrons. The van der Waals surface area contributed by atoms with E-state index in [1.54, 1.807) is 36.3 Å². The van der Waals surface area contributed by atoms with E-state index in [0.29, 0.717) is 69.1 Å². The Balaban J connectivity index is 1.46. The number of hydrogen-bond donors (Lipinski definition) is 1. The van der Waals surface area contributed by atoms with Gasteiger partial charge in [-0.25, -0.2) is 0 Å². The molecule has 4 rings (SSSR count). The Morgan fingerprint density at radius 1 is 0.943 bits per heavy atom. The van der Waals surface area contributed by atoms with Gasteiger partial charge in [-0.2, -0.15) is 0 Å². The summed E-state index contributed by atoms with van der Waals surface area (Å²) in [4.78, 5) is 43.2. The highest BCUT2D eigenvalue weighted by atomic mass is 16.5. The molecule has 2 aliphatic heterocycles. The lowest BCUT2D eigenvalue weighted by molar-refractivity contribution is -0.139. The molecule has 1 N–H and O–H groups in total. The lowest BCUT2D eigenvalue weighted by Crippen LogP contribution is -2.56. The van der Waals surface area contributed by atoms with Crippen LogP contribution in [-0.4, -0.2) is 80.1 Å². The second kappa shape index (κ2) is 11.4. The third kappa shape index (κ3) is 6.00. The maximum Gasteiger partial charge on any atom is 0.253 e. The van der Waals surface area contributed by atoms with E-state index in [0.717, 1.165) is 5.56 Å². The van der Waals surface area contributed by atoms with Crippen LogP contribution in [-0.2, 0) is 9.53 Å². The Kier molecular flexibility index (Phi) is 8.02. The van der Waals surface area contributed by atoms with E-state index in [1.165, 1.54) is 0 Å². The monoisotopic (exact) mass is 479 g/mol. The molecule has 2 saturated heterocycles. The third-order valence-electron chi connectivity index (χ3n) is 6.77. The zero-order valence-electron chi connectivity index (χ0n) is 20.4. The highest BCUT2D eigenvalue weighted by molar-refractivity contribution is 5.98. The predicted molar refractivity (Wildman–Crippen MR) is 131 cm³/mol. The number of likely N-dealkylation sites (tertiary alicyclic amines) is 1. The largest absolute Gasteiger partial charge is 0.497 e. The standard InChI is InChI=1S/C27H33N3O5/c1-19-5-3-6-21(17-19)25(31)28-24(27(33)30-13-15-35-16-14-30)20-9-11-29(12-10-20)26(32)22-7-4-8-23(18-22)34-2/h3-8,17-18,20,24H,9-16H2,1-2H3,(H,28,31)/t24-/m1/s1. The van der Waals surface area contributed by atoms with E-state index in [-0.39, 0.29) is 23.6 Å². The highest BCUT2D eigenvalue weighted by Crippen LogP contribution is 2.25. The van der Waals surface area contributed by atoms with Gasteiger partial charge in [0, 0.05) is 37.3 Å². The highest BCUT2D eigenvalue weighted by Gasteiger charge is 2.36. The van der Waals surface area contributed by atoms with Crippen LogP contribution in [0.1, 0.15) is 39.1 Å². The minimum absolute atomic E-state index is 0.0535. The first-order valence-electron chi connectivity index (χ1n) is 12.1. The lowest BCUT2D eigenvalue weighted by Gasteiger charge is -2.38. The van der Waals surface area contributed by atoms with Gasteiger partial charge in [-0.05, 0) is 56.0 Å². The molecule has 2 aromatic rings. The zero-order valence-corrected chi connectivity index (χ0v) is 20.4. The minimum atomic E-state index is -0.643. The van der Waals surface area contributed by atoms with E-state index < -0.39 is 6.04 Å². The number of morpholine rings is 1. The van der Waals surface area contributed by atoms with Gasteiger partial charge in [0.05, 0.1) is 20.3 Å². The Morgan fingerprint density at radius 2 is 1.63 bits per heavy atom. The molecule has 0 unspecified atom stereocenters. The normalized spacial score (nSPS) is 17.5. The summed E-state index contributed by atoms with van der Waals surface area (Å²) >= 11 is 0. The van der Waals surface area contributed by atoms with Crippen LogP contribution >= 0.6 is 0 Å². The van der Waals surface area contributed by atoms with Gasteiger partial charge in [-0.3, -0.25) is 14.4 Å². The van der Waals surface area contributed by atoms with Crippen molar-refractivity contribution >= 4 is 17.7 Å². The number of ether oxygens (including phenoxy) is 2. The molecule has 0 aliphatic carbocycles. The number of methoxy groups -OCH3 is 1. The van der Waals surface area contributed by atoms with Crippen LogP contribution in [0, 0.1) is 12.8 Å². The van der Waals surface area contributed by atoms with Crippen molar-refractivity contribution in [2.45, 2.75) is 25.8 Å². The summed E-state index contributed by atoms with van der Waals surface area (Å²) in [5.41, 5.74) is 2.10. The van der Waals surface area contributed by atoms with Crippen LogP contribution in [0.15, 0.2) is 48.5 Å². The third-order valence-corrected chi connectivity index (χ3v) is 6.77. The molecule has 0 spiro atoms. The Bertz CT molecular complexity index is 1060. The van der Waals surface area contributed by atoms with E-state index in [9.17, 15) is 14.4 Å². The van der Waals surface area contributed by atoms with E-state index >= 15 is 0 Å². The zero-order chi connectivity index (χ0) is 24.8. The fourth-order valence-corrected chi connectivity index (χ4v) is 4.75. The van der Waals surface area contributed by atoms with Crippen LogP contribution < -0.4 is 10.1 Å². The number of carbonyl (C=O) groups is 3. The van der Waals surface area contributed by atoms with Gasteiger partial charge < -0.3 is 24.6 Å². The number of hydrogen-bond acceptors (Lipinski definition) is 5. The number of rotatable bonds is 6. The molecule has 2 heterocycles. The van der Waals surface area contributed by atoms with Crippen molar-refractivity contribution in [3.63, 3.8) is 0 Å². The molecular weight excluding hydrogens is 446 g/mol. The SMILES string of the molecule is COc1cccc(C(=O)N2CCC([C@@H](NC(=O)c3cccc(C)c3)C(=O)N3CCOCC3)CC2)c1. The molecular formula is C27H33N3O5. The average Bonchev–Trinajstić information content (AvgIpc) is 2.91.